The van der Waals surface area contributed by atoms with Crippen LogP contribution >= 0.6 is 0 Å². The van der Waals surface area contributed by atoms with E-state index in [1.807, 2.05) is 25.9 Å². The summed E-state index contributed by atoms with van der Waals surface area (Å²) >= 11 is 0. The SMILES string of the molecule is CCCCCCCCCCCCCCCCCCC(C)(C(=O)O)N(C)C. The number of nitrogens with zero attached hydrogens (tertiary/aromatic N) is 1. The second kappa shape index (κ2) is 16.6. The zero-order chi connectivity index (χ0) is 19.7. The highest BCUT2D eigenvalue weighted by Crippen LogP contribution is 2.21. The summed E-state index contributed by atoms with van der Waals surface area (Å²) < 4.78 is 0. The average molecular weight is 370 g/mol. The van der Waals surface area contributed by atoms with Gasteiger partial charge in [-0.2, -0.15) is 0 Å². The van der Waals surface area contributed by atoms with Crippen LogP contribution in [-0.2, 0) is 4.79 Å². The summed E-state index contributed by atoms with van der Waals surface area (Å²) in [6, 6.07) is 0. The topological polar surface area (TPSA) is 40.5 Å². The highest BCUT2D eigenvalue weighted by Gasteiger charge is 2.34. The van der Waals surface area contributed by atoms with E-state index in [1.165, 1.54) is 89.9 Å². The van der Waals surface area contributed by atoms with E-state index in [1.54, 1.807) is 0 Å². The van der Waals surface area contributed by atoms with Crippen molar-refractivity contribution >= 4 is 5.97 Å². The number of carboxylic acid groups (broad SMARTS) is 1. The molecule has 0 aliphatic heterocycles. The minimum Gasteiger partial charge on any atom is -0.480 e. The van der Waals surface area contributed by atoms with Gasteiger partial charge < -0.3 is 5.11 Å². The number of carbonyl (C=O) groups is 1. The lowest BCUT2D eigenvalue weighted by molar-refractivity contribution is -0.149. The second-order valence-electron chi connectivity index (χ2n) is 8.53. The molecule has 156 valence electrons. The Morgan fingerprint density at radius 2 is 1.00 bits per heavy atom. The summed E-state index contributed by atoms with van der Waals surface area (Å²) in [6.07, 6.45) is 22.4. The molecule has 3 nitrogen and oxygen atoms in total. The summed E-state index contributed by atoms with van der Waals surface area (Å²) in [7, 11) is 3.72. The third kappa shape index (κ3) is 12.7. The molecular formula is C23H47NO2. The van der Waals surface area contributed by atoms with Crippen LogP contribution in [0.15, 0.2) is 0 Å². The van der Waals surface area contributed by atoms with Gasteiger partial charge in [0, 0.05) is 0 Å². The molecule has 0 aromatic heterocycles. The Morgan fingerprint density at radius 3 is 1.27 bits per heavy atom. The molecule has 0 aliphatic rings. The predicted molar refractivity (Wildman–Crippen MR) is 114 cm³/mol. The number of hydrogen-bond acceptors (Lipinski definition) is 2. The van der Waals surface area contributed by atoms with Gasteiger partial charge in [-0.15, -0.1) is 0 Å². The van der Waals surface area contributed by atoms with Gasteiger partial charge in [-0.25, -0.2) is 0 Å². The molecule has 1 atom stereocenters. The Kier molecular flexibility index (Phi) is 16.2. The highest BCUT2D eigenvalue weighted by atomic mass is 16.4. The Hall–Kier alpha value is -0.570. The van der Waals surface area contributed by atoms with Gasteiger partial charge in [0.2, 0.25) is 0 Å². The summed E-state index contributed by atoms with van der Waals surface area (Å²) in [5, 5.41) is 9.39. The van der Waals surface area contributed by atoms with Crippen LogP contribution in [0.5, 0.6) is 0 Å². The first kappa shape index (κ1) is 25.4. The van der Waals surface area contributed by atoms with Crippen molar-refractivity contribution in [3.8, 4) is 0 Å². The zero-order valence-electron chi connectivity index (χ0n) is 18.3. The van der Waals surface area contributed by atoms with Crippen LogP contribution in [0, 0.1) is 0 Å². The van der Waals surface area contributed by atoms with Crippen LogP contribution in [0.25, 0.3) is 0 Å². The summed E-state index contributed by atoms with van der Waals surface area (Å²) in [5.41, 5.74) is -0.712. The normalized spacial score (nSPS) is 13.9. The Bertz CT molecular complexity index is 330. The number of likely N-dealkylation sites (N-methyl/N-ethyl adjacent to an activating group) is 1. The third-order valence-corrected chi connectivity index (χ3v) is 5.96. The van der Waals surface area contributed by atoms with Crippen LogP contribution in [0.4, 0.5) is 0 Å². The van der Waals surface area contributed by atoms with Gasteiger partial charge in [0.15, 0.2) is 0 Å². The van der Waals surface area contributed by atoms with Crippen molar-refractivity contribution in [2.24, 2.45) is 0 Å². The van der Waals surface area contributed by atoms with Crippen molar-refractivity contribution in [2.45, 2.75) is 129 Å². The molecule has 0 amide bonds. The van der Waals surface area contributed by atoms with E-state index < -0.39 is 11.5 Å². The van der Waals surface area contributed by atoms with Crippen LogP contribution in [0.2, 0.25) is 0 Å². The average Bonchev–Trinajstić information content (AvgIpc) is 2.60. The molecule has 26 heavy (non-hydrogen) atoms. The molecule has 3 heteroatoms. The van der Waals surface area contributed by atoms with Crippen LogP contribution in [-0.4, -0.2) is 35.6 Å². The molecule has 0 spiro atoms. The van der Waals surface area contributed by atoms with E-state index in [0.717, 1.165) is 19.3 Å². The molecular weight excluding hydrogens is 322 g/mol. The summed E-state index contributed by atoms with van der Waals surface area (Å²) in [5.74, 6) is -0.705. The fraction of sp³-hybridized carbons (Fsp3) is 0.957. The quantitative estimate of drug-likeness (QED) is 0.248. The molecule has 0 radical (unpaired) electrons. The molecule has 0 rings (SSSR count). The number of aliphatic carboxylic acids is 1. The Labute approximate surface area is 163 Å². The Morgan fingerprint density at radius 1 is 0.692 bits per heavy atom. The second-order valence-corrected chi connectivity index (χ2v) is 8.53. The molecule has 0 heterocycles. The lowest BCUT2D eigenvalue weighted by Crippen LogP contribution is -2.48. The molecule has 1 N–H and O–H groups in total. The summed E-state index contributed by atoms with van der Waals surface area (Å²) in [6.45, 7) is 4.11. The monoisotopic (exact) mass is 369 g/mol. The fourth-order valence-electron chi connectivity index (χ4n) is 3.54. The molecule has 1 unspecified atom stereocenters. The smallest absolute Gasteiger partial charge is 0.323 e. The number of rotatable bonds is 19. The van der Waals surface area contributed by atoms with Gasteiger partial charge in [0.1, 0.15) is 5.54 Å². The van der Waals surface area contributed by atoms with Gasteiger partial charge in [-0.05, 0) is 27.4 Å². The molecule has 0 aliphatic carbocycles. The minimum atomic E-state index is -0.712. The lowest BCUT2D eigenvalue weighted by Gasteiger charge is -2.32. The first-order valence-electron chi connectivity index (χ1n) is 11.4. The van der Waals surface area contributed by atoms with Gasteiger partial charge in [-0.3, -0.25) is 9.69 Å². The first-order valence-corrected chi connectivity index (χ1v) is 11.4. The largest absolute Gasteiger partial charge is 0.480 e. The van der Waals surface area contributed by atoms with Crippen LogP contribution in [0.3, 0.4) is 0 Å². The van der Waals surface area contributed by atoms with E-state index in [-0.39, 0.29) is 0 Å². The minimum absolute atomic E-state index is 0.705. The third-order valence-electron chi connectivity index (χ3n) is 5.96. The maximum absolute atomic E-state index is 11.4. The van der Waals surface area contributed by atoms with Crippen molar-refractivity contribution in [3.63, 3.8) is 0 Å². The Balaban J connectivity index is 3.33. The molecule has 0 fully saturated rings. The predicted octanol–water partition coefficient (Wildman–Crippen LogP) is 7.04. The maximum atomic E-state index is 11.4. The standard InChI is InChI=1S/C23H47NO2/c1-5-6-7-8-9-10-11-12-13-14-15-16-17-18-19-20-21-23(2,22(25)26)24(3)4/h5-21H2,1-4H3,(H,25,26). The van der Waals surface area contributed by atoms with Crippen LogP contribution in [0.1, 0.15) is 123 Å². The maximum Gasteiger partial charge on any atom is 0.323 e. The number of unbranched alkanes of at least 4 members (excludes halogenated alkanes) is 15. The van der Waals surface area contributed by atoms with Gasteiger partial charge in [0.05, 0.1) is 0 Å². The molecule has 0 saturated carbocycles. The fourth-order valence-corrected chi connectivity index (χ4v) is 3.54. The van der Waals surface area contributed by atoms with E-state index in [4.69, 9.17) is 0 Å². The lowest BCUT2D eigenvalue weighted by atomic mass is 9.92. The van der Waals surface area contributed by atoms with Crippen molar-refractivity contribution in [1.82, 2.24) is 4.90 Å². The van der Waals surface area contributed by atoms with E-state index >= 15 is 0 Å². The molecule has 0 saturated heterocycles. The highest BCUT2D eigenvalue weighted by molar-refractivity contribution is 5.78. The van der Waals surface area contributed by atoms with E-state index in [9.17, 15) is 9.90 Å². The van der Waals surface area contributed by atoms with Crippen molar-refractivity contribution in [2.75, 3.05) is 14.1 Å². The van der Waals surface area contributed by atoms with Gasteiger partial charge >= 0.3 is 5.97 Å². The van der Waals surface area contributed by atoms with E-state index in [0.29, 0.717) is 0 Å². The first-order chi connectivity index (χ1) is 12.4. The number of hydrogen-bond donors (Lipinski definition) is 1. The van der Waals surface area contributed by atoms with E-state index in [2.05, 4.69) is 6.92 Å². The van der Waals surface area contributed by atoms with Crippen LogP contribution < -0.4 is 0 Å². The van der Waals surface area contributed by atoms with Gasteiger partial charge in [0.25, 0.3) is 0 Å². The summed E-state index contributed by atoms with van der Waals surface area (Å²) in [4.78, 5) is 13.2. The zero-order valence-corrected chi connectivity index (χ0v) is 18.3. The van der Waals surface area contributed by atoms with Crippen molar-refractivity contribution in [1.29, 1.82) is 0 Å². The van der Waals surface area contributed by atoms with Crippen molar-refractivity contribution in [3.05, 3.63) is 0 Å². The molecule has 0 aromatic carbocycles. The number of carboxylic acids is 1. The van der Waals surface area contributed by atoms with Gasteiger partial charge in [-0.1, -0.05) is 110 Å². The molecule has 0 bridgehead atoms. The van der Waals surface area contributed by atoms with Crippen molar-refractivity contribution < 1.29 is 9.90 Å². The molecule has 0 aromatic rings.